The van der Waals surface area contributed by atoms with Crippen molar-refractivity contribution in [2.75, 3.05) is 18.0 Å². The van der Waals surface area contributed by atoms with E-state index < -0.39 is 22.8 Å². The van der Waals surface area contributed by atoms with Gasteiger partial charge in [-0.15, -0.1) is 0 Å². The van der Waals surface area contributed by atoms with Crippen LogP contribution >= 0.6 is 0 Å². The number of hydrogen-bond acceptors (Lipinski definition) is 5. The Kier molecular flexibility index (Phi) is 7.20. The van der Waals surface area contributed by atoms with E-state index in [0.29, 0.717) is 37.3 Å². The van der Waals surface area contributed by atoms with Crippen molar-refractivity contribution in [3.8, 4) is 0 Å². The second-order valence-corrected chi connectivity index (χ2v) is 9.46. The molecule has 1 unspecified atom stereocenters. The topological polar surface area (TPSA) is 96.4 Å². The molecule has 2 aromatic carbocycles. The lowest BCUT2D eigenvalue weighted by Gasteiger charge is -2.24. The highest BCUT2D eigenvalue weighted by Crippen LogP contribution is 2.29. The van der Waals surface area contributed by atoms with Crippen LogP contribution in [0.4, 0.5) is 10.5 Å². The lowest BCUT2D eigenvalue weighted by molar-refractivity contribution is 0.0241. The Morgan fingerprint density at radius 1 is 1.09 bits per heavy atom. The second kappa shape index (κ2) is 9.70. The number of methoxy groups -OCH3 is 1. The average molecular weight is 461 g/mol. The van der Waals surface area contributed by atoms with Crippen LogP contribution in [0.15, 0.2) is 42.5 Å². The molecule has 32 heavy (non-hydrogen) atoms. The molecule has 0 fully saturated rings. The molecule has 1 N–H and O–H groups in total. The van der Waals surface area contributed by atoms with E-state index in [0.717, 1.165) is 16.7 Å². The van der Waals surface area contributed by atoms with Gasteiger partial charge >= 0.3 is 12.1 Å². The number of anilines is 1. The minimum Gasteiger partial charge on any atom is -0.465 e. The Labute approximate surface area is 190 Å². The first kappa shape index (κ1) is 23.7. The molecule has 172 valence electrons. The molecule has 0 spiro atoms. The van der Waals surface area contributed by atoms with E-state index in [1.54, 1.807) is 35.2 Å². The quantitative estimate of drug-likeness (QED) is 0.519. The van der Waals surface area contributed by atoms with Crippen LogP contribution in [0.25, 0.3) is 0 Å². The van der Waals surface area contributed by atoms with Gasteiger partial charge in [0.25, 0.3) is 11.3 Å². The van der Waals surface area contributed by atoms with Crippen LogP contribution < -0.4 is 4.31 Å². The molecule has 0 radical (unpaired) electrons. The summed E-state index contributed by atoms with van der Waals surface area (Å²) in [5.41, 5.74) is 3.31. The molecule has 3 rings (SSSR count). The molecule has 2 aromatic rings. The number of ether oxygens (including phenoxy) is 2. The van der Waals surface area contributed by atoms with E-state index in [1.165, 1.54) is 11.4 Å². The normalized spacial score (nSPS) is 14.0. The minimum absolute atomic E-state index is 0.301. The summed E-state index contributed by atoms with van der Waals surface area (Å²) in [7, 11) is 1.33. The van der Waals surface area contributed by atoms with E-state index >= 15 is 0 Å². The number of carbonyl (C=O) groups is 2. The number of esters is 1. The third-order valence-electron chi connectivity index (χ3n) is 5.02. The first-order chi connectivity index (χ1) is 15.1. The number of benzene rings is 2. The number of rotatable bonds is 6. The molecule has 0 saturated carbocycles. The fourth-order valence-electron chi connectivity index (χ4n) is 3.44. The van der Waals surface area contributed by atoms with Crippen molar-refractivity contribution in [3.05, 3.63) is 64.7 Å². The molecule has 0 aliphatic carbocycles. The fraction of sp³-hybridized carbons (Fsp3) is 0.391. The smallest absolute Gasteiger partial charge is 0.410 e. The van der Waals surface area contributed by atoms with Crippen molar-refractivity contribution < 1.29 is 27.8 Å². The standard InChI is InChI=1S/C23H28N2O6S/c1-23(2,3)31-22(27)24-14-18-9-10-20(13-19(18)15-24)25(32(28)29)12-11-16-5-7-17(8-6-16)21(26)30-4/h5-10,13H,11-12,14-15H2,1-4H3,(H,28,29). The van der Waals surface area contributed by atoms with Crippen LogP contribution in [0, 0.1) is 0 Å². The Hall–Kier alpha value is -2.91. The van der Waals surface area contributed by atoms with Gasteiger partial charge in [-0.05, 0) is 68.1 Å². The van der Waals surface area contributed by atoms with E-state index in [9.17, 15) is 18.4 Å². The average Bonchev–Trinajstić information content (AvgIpc) is 3.16. The van der Waals surface area contributed by atoms with Gasteiger partial charge in [0.05, 0.1) is 18.4 Å². The zero-order valence-electron chi connectivity index (χ0n) is 18.7. The van der Waals surface area contributed by atoms with Gasteiger partial charge in [-0.25, -0.2) is 13.8 Å². The third-order valence-corrected chi connectivity index (χ3v) is 5.79. The highest BCUT2D eigenvalue weighted by molar-refractivity contribution is 7.80. The van der Waals surface area contributed by atoms with Gasteiger partial charge in [-0.1, -0.05) is 18.2 Å². The second-order valence-electron chi connectivity index (χ2n) is 8.56. The van der Waals surface area contributed by atoms with Gasteiger partial charge in [0.15, 0.2) is 0 Å². The summed E-state index contributed by atoms with van der Waals surface area (Å²) in [5.74, 6) is -0.409. The first-order valence-electron chi connectivity index (χ1n) is 10.2. The largest absolute Gasteiger partial charge is 0.465 e. The number of fused-ring (bicyclic) bond motifs is 1. The summed E-state index contributed by atoms with van der Waals surface area (Å²) in [6.07, 6.45) is 0.128. The predicted molar refractivity (Wildman–Crippen MR) is 122 cm³/mol. The zero-order chi connectivity index (χ0) is 23.5. The number of amides is 1. The van der Waals surface area contributed by atoms with Crippen LogP contribution in [0.1, 0.15) is 47.8 Å². The molecule has 1 heterocycles. The van der Waals surface area contributed by atoms with Gasteiger partial charge in [-0.3, -0.25) is 13.8 Å². The Bertz CT molecular complexity index is 1020. The van der Waals surface area contributed by atoms with Gasteiger partial charge in [-0.2, -0.15) is 0 Å². The zero-order valence-corrected chi connectivity index (χ0v) is 19.5. The molecular weight excluding hydrogens is 432 g/mol. The van der Waals surface area contributed by atoms with Crippen LogP contribution in [-0.2, 0) is 40.3 Å². The summed E-state index contributed by atoms with van der Waals surface area (Å²) in [6.45, 7) is 6.60. The van der Waals surface area contributed by atoms with Gasteiger partial charge in [0.1, 0.15) is 5.60 Å². The highest BCUT2D eigenvalue weighted by Gasteiger charge is 2.28. The van der Waals surface area contributed by atoms with E-state index in [2.05, 4.69) is 0 Å². The van der Waals surface area contributed by atoms with Crippen molar-refractivity contribution in [1.29, 1.82) is 0 Å². The van der Waals surface area contributed by atoms with Crippen molar-refractivity contribution in [2.45, 2.75) is 45.9 Å². The fourth-order valence-corrected chi connectivity index (χ4v) is 3.99. The summed E-state index contributed by atoms with van der Waals surface area (Å²) in [5, 5.41) is 0. The Balaban J connectivity index is 1.68. The molecule has 1 atom stereocenters. The maximum absolute atomic E-state index is 12.4. The maximum atomic E-state index is 12.4. The predicted octanol–water partition coefficient (Wildman–Crippen LogP) is 3.91. The van der Waals surface area contributed by atoms with E-state index in [4.69, 9.17) is 9.47 Å². The number of hydrogen-bond donors (Lipinski definition) is 1. The molecule has 1 aliphatic heterocycles. The van der Waals surface area contributed by atoms with Gasteiger partial charge in [0.2, 0.25) is 0 Å². The van der Waals surface area contributed by atoms with Crippen molar-refractivity contribution >= 4 is 29.0 Å². The molecule has 8 nitrogen and oxygen atoms in total. The Morgan fingerprint density at radius 3 is 2.34 bits per heavy atom. The summed E-state index contributed by atoms with van der Waals surface area (Å²) < 4.78 is 33.4. The molecule has 0 saturated heterocycles. The molecule has 0 bridgehead atoms. The van der Waals surface area contributed by atoms with Crippen molar-refractivity contribution in [1.82, 2.24) is 4.90 Å². The lowest BCUT2D eigenvalue weighted by Crippen LogP contribution is -2.33. The molecule has 1 amide bonds. The van der Waals surface area contributed by atoms with Crippen LogP contribution in [-0.4, -0.2) is 45.0 Å². The van der Waals surface area contributed by atoms with Gasteiger partial charge in [0, 0.05) is 19.6 Å². The molecule has 1 aliphatic rings. The van der Waals surface area contributed by atoms with E-state index in [1.807, 2.05) is 32.9 Å². The minimum atomic E-state index is -2.21. The van der Waals surface area contributed by atoms with Crippen molar-refractivity contribution in [3.63, 3.8) is 0 Å². The highest BCUT2D eigenvalue weighted by atomic mass is 32.2. The maximum Gasteiger partial charge on any atom is 0.410 e. The summed E-state index contributed by atoms with van der Waals surface area (Å²) in [6, 6.07) is 12.4. The molecular formula is C23H28N2O6S. The summed E-state index contributed by atoms with van der Waals surface area (Å²) in [4.78, 5) is 25.5. The van der Waals surface area contributed by atoms with Gasteiger partial charge < -0.3 is 9.47 Å². The van der Waals surface area contributed by atoms with Crippen molar-refractivity contribution in [2.24, 2.45) is 0 Å². The number of nitrogens with zero attached hydrogens (tertiary/aromatic N) is 2. The van der Waals surface area contributed by atoms with Crippen LogP contribution in [0.3, 0.4) is 0 Å². The lowest BCUT2D eigenvalue weighted by atomic mass is 10.1. The van der Waals surface area contributed by atoms with Crippen LogP contribution in [0.2, 0.25) is 0 Å². The molecule has 9 heteroatoms. The first-order valence-corrected chi connectivity index (χ1v) is 11.3. The monoisotopic (exact) mass is 460 g/mol. The van der Waals surface area contributed by atoms with E-state index in [-0.39, 0.29) is 6.09 Å². The van der Waals surface area contributed by atoms with Crippen LogP contribution in [0.5, 0.6) is 0 Å². The molecule has 0 aromatic heterocycles. The summed E-state index contributed by atoms with van der Waals surface area (Å²) >= 11 is -2.21. The number of carbonyl (C=O) groups excluding carboxylic acids is 2. The third kappa shape index (κ3) is 5.86. The SMILES string of the molecule is COC(=O)c1ccc(CCN(c2ccc3c(c2)CN(C(=O)OC(C)(C)C)C3)S(=O)O)cc1. The Morgan fingerprint density at radius 2 is 1.75 bits per heavy atom.